The number of allylic oxidation sites excluding steroid dienone is 1. The van der Waals surface area contributed by atoms with Crippen LogP contribution < -0.4 is 5.32 Å². The molecule has 0 aromatic heterocycles. The lowest BCUT2D eigenvalue weighted by atomic mass is 9.65. The molecule has 2 heteroatoms. The zero-order chi connectivity index (χ0) is 31.4. The molecule has 4 rings (SSSR count). The highest BCUT2D eigenvalue weighted by molar-refractivity contribution is 5.73. The molecule has 1 heterocycles. The molecule has 0 bridgehead atoms. The van der Waals surface area contributed by atoms with E-state index in [1.807, 2.05) is 0 Å². The molecule has 1 aliphatic carbocycles. The number of nitrogens with one attached hydrogen (secondary N) is 1. The number of piperazine rings is 1. The Balaban J connectivity index is 1.46. The van der Waals surface area contributed by atoms with Gasteiger partial charge in [-0.25, -0.2) is 0 Å². The van der Waals surface area contributed by atoms with E-state index >= 15 is 0 Å². The van der Waals surface area contributed by atoms with Crippen molar-refractivity contribution in [2.24, 2.45) is 5.41 Å². The number of hydrogen-bond donors (Lipinski definition) is 1. The van der Waals surface area contributed by atoms with E-state index in [0.717, 1.165) is 13.1 Å². The maximum absolute atomic E-state index is 3.57. The van der Waals surface area contributed by atoms with Gasteiger partial charge in [-0.15, -0.1) is 0 Å². The highest BCUT2D eigenvalue weighted by Crippen LogP contribution is 2.50. The highest BCUT2D eigenvalue weighted by Gasteiger charge is 2.35. The zero-order valence-electron chi connectivity index (χ0n) is 29.5. The summed E-state index contributed by atoms with van der Waals surface area (Å²) in [6.45, 7) is 10.5. The van der Waals surface area contributed by atoms with Crippen molar-refractivity contribution < 1.29 is 0 Å². The summed E-state index contributed by atoms with van der Waals surface area (Å²) in [6.07, 6.45) is 29.7. The molecular weight excluding hydrogens is 544 g/mol. The number of rotatable bonds is 22. The van der Waals surface area contributed by atoms with E-state index < -0.39 is 0 Å². The molecule has 2 nitrogen and oxygen atoms in total. The first kappa shape index (κ1) is 35.9. The van der Waals surface area contributed by atoms with Crippen LogP contribution in [-0.4, -0.2) is 37.6 Å². The molecule has 2 aromatic carbocycles. The third-order valence-corrected chi connectivity index (χ3v) is 11.0. The number of hydrogen-bond acceptors (Lipinski definition) is 2. The lowest BCUT2D eigenvalue weighted by molar-refractivity contribution is 0.193. The van der Waals surface area contributed by atoms with Crippen LogP contribution in [0.25, 0.3) is 16.7 Å². The summed E-state index contributed by atoms with van der Waals surface area (Å²) >= 11 is 0. The Labute approximate surface area is 278 Å². The molecule has 1 aliphatic heterocycles. The topological polar surface area (TPSA) is 15.3 Å². The predicted molar refractivity (Wildman–Crippen MR) is 199 cm³/mol. The Morgan fingerprint density at radius 3 is 1.62 bits per heavy atom. The molecule has 45 heavy (non-hydrogen) atoms. The molecule has 0 amide bonds. The summed E-state index contributed by atoms with van der Waals surface area (Å²) in [5.41, 5.74) is 8.09. The molecule has 250 valence electrons. The molecular formula is C43H68N2. The van der Waals surface area contributed by atoms with Crippen LogP contribution >= 0.6 is 0 Å². The third kappa shape index (κ3) is 12.7. The average molecular weight is 613 g/mol. The van der Waals surface area contributed by atoms with E-state index in [1.54, 1.807) is 11.1 Å². The van der Waals surface area contributed by atoms with Gasteiger partial charge in [-0.3, -0.25) is 4.90 Å². The number of nitrogens with zero attached hydrogens (tertiary/aromatic N) is 1. The molecule has 0 unspecified atom stereocenters. The maximum atomic E-state index is 3.57. The molecule has 1 saturated heterocycles. The summed E-state index contributed by atoms with van der Waals surface area (Å²) in [5, 5.41) is 3.57. The van der Waals surface area contributed by atoms with Crippen LogP contribution in [0.4, 0.5) is 0 Å². The van der Waals surface area contributed by atoms with Gasteiger partial charge in [0, 0.05) is 32.7 Å². The summed E-state index contributed by atoms with van der Waals surface area (Å²) < 4.78 is 0. The van der Waals surface area contributed by atoms with Gasteiger partial charge in [0.15, 0.2) is 0 Å². The van der Waals surface area contributed by atoms with Gasteiger partial charge >= 0.3 is 0 Å². The van der Waals surface area contributed by atoms with E-state index in [-0.39, 0.29) is 0 Å². The fourth-order valence-corrected chi connectivity index (χ4v) is 8.09. The number of benzene rings is 2. The second-order valence-corrected chi connectivity index (χ2v) is 14.7. The zero-order valence-corrected chi connectivity index (χ0v) is 29.5. The van der Waals surface area contributed by atoms with E-state index in [4.69, 9.17) is 0 Å². The Bertz CT molecular complexity index is 1040. The van der Waals surface area contributed by atoms with Gasteiger partial charge in [0.2, 0.25) is 0 Å². The van der Waals surface area contributed by atoms with Crippen molar-refractivity contribution in [1.82, 2.24) is 10.2 Å². The van der Waals surface area contributed by atoms with E-state index in [9.17, 15) is 0 Å². The van der Waals surface area contributed by atoms with Gasteiger partial charge in [0.05, 0.1) is 0 Å². The first-order valence-electron chi connectivity index (χ1n) is 19.5. The van der Waals surface area contributed by atoms with Crippen molar-refractivity contribution in [3.8, 4) is 11.1 Å². The molecule has 0 atom stereocenters. The lowest BCUT2D eigenvalue weighted by Gasteiger charge is -2.42. The van der Waals surface area contributed by atoms with Gasteiger partial charge < -0.3 is 5.32 Å². The van der Waals surface area contributed by atoms with Crippen molar-refractivity contribution >= 4 is 5.57 Å². The van der Waals surface area contributed by atoms with Crippen LogP contribution in [0.2, 0.25) is 0 Å². The molecule has 0 spiro atoms. The van der Waals surface area contributed by atoms with Crippen molar-refractivity contribution in [1.29, 1.82) is 0 Å². The maximum Gasteiger partial charge on any atom is 0.0200 e. The van der Waals surface area contributed by atoms with Gasteiger partial charge in [0.25, 0.3) is 0 Å². The summed E-state index contributed by atoms with van der Waals surface area (Å²) in [6, 6.07) is 20.6. The molecule has 0 saturated carbocycles. The lowest BCUT2D eigenvalue weighted by Crippen LogP contribution is -2.44. The first-order chi connectivity index (χ1) is 22.2. The standard InChI is InChI=1S/C43H68N2/c1-3-5-7-9-11-13-15-20-29-43(30-21-16-14-12-10-8-6-4-2)31-28-41(37-45-34-32-44-33-35-45)42(36-43)40-26-24-39(25-27-40)38-22-18-17-19-23-38/h17-19,22-27,44H,3-16,20-21,28-37H2,1-2H3. The molecule has 2 aliphatic rings. The second kappa shape index (κ2) is 21.1. The third-order valence-electron chi connectivity index (χ3n) is 11.0. The van der Waals surface area contributed by atoms with Gasteiger partial charge in [0.1, 0.15) is 0 Å². The molecule has 1 fully saturated rings. The van der Waals surface area contributed by atoms with Crippen molar-refractivity contribution in [2.45, 2.75) is 149 Å². The average Bonchev–Trinajstić information content (AvgIpc) is 3.09. The van der Waals surface area contributed by atoms with E-state index in [2.05, 4.69) is 78.7 Å². The summed E-state index contributed by atoms with van der Waals surface area (Å²) in [7, 11) is 0. The fourth-order valence-electron chi connectivity index (χ4n) is 8.09. The van der Waals surface area contributed by atoms with Crippen molar-refractivity contribution in [2.75, 3.05) is 32.7 Å². The Morgan fingerprint density at radius 1 is 0.578 bits per heavy atom. The number of unbranched alkanes of at least 4 members (excludes halogenated alkanes) is 14. The van der Waals surface area contributed by atoms with Crippen LogP contribution in [-0.2, 0) is 0 Å². The van der Waals surface area contributed by atoms with Crippen LogP contribution in [0.5, 0.6) is 0 Å². The monoisotopic (exact) mass is 613 g/mol. The van der Waals surface area contributed by atoms with Crippen LogP contribution in [0.3, 0.4) is 0 Å². The van der Waals surface area contributed by atoms with Gasteiger partial charge in [-0.2, -0.15) is 0 Å². The van der Waals surface area contributed by atoms with Crippen LogP contribution in [0.15, 0.2) is 60.2 Å². The molecule has 0 radical (unpaired) electrons. The van der Waals surface area contributed by atoms with Crippen LogP contribution in [0, 0.1) is 5.41 Å². The van der Waals surface area contributed by atoms with Crippen molar-refractivity contribution in [3.05, 3.63) is 65.7 Å². The summed E-state index contributed by atoms with van der Waals surface area (Å²) in [5.74, 6) is 0. The molecule has 1 N–H and O–H groups in total. The molecule has 2 aromatic rings. The Hall–Kier alpha value is -1.90. The highest BCUT2D eigenvalue weighted by atomic mass is 15.2. The van der Waals surface area contributed by atoms with Gasteiger partial charge in [-0.05, 0) is 59.8 Å². The van der Waals surface area contributed by atoms with Crippen molar-refractivity contribution in [3.63, 3.8) is 0 Å². The Kier molecular flexibility index (Phi) is 16.8. The van der Waals surface area contributed by atoms with E-state index in [0.29, 0.717) is 5.41 Å². The first-order valence-corrected chi connectivity index (χ1v) is 19.5. The fraction of sp³-hybridized carbons (Fsp3) is 0.674. The second-order valence-electron chi connectivity index (χ2n) is 14.7. The van der Waals surface area contributed by atoms with Crippen LogP contribution in [0.1, 0.15) is 154 Å². The smallest absolute Gasteiger partial charge is 0.0200 e. The minimum absolute atomic E-state index is 0.491. The quantitative estimate of drug-likeness (QED) is 0.133. The largest absolute Gasteiger partial charge is 0.314 e. The van der Waals surface area contributed by atoms with Gasteiger partial charge in [-0.1, -0.05) is 177 Å². The SMILES string of the molecule is CCCCCCCCCCC1(CCCCCCCCCC)CCC(CN2CCNCC2)=C(c2ccc(-c3ccccc3)cc2)C1. The Morgan fingerprint density at radius 2 is 1.07 bits per heavy atom. The normalized spacial score (nSPS) is 17.2. The van der Waals surface area contributed by atoms with E-state index in [1.165, 1.54) is 171 Å². The predicted octanol–water partition coefficient (Wildman–Crippen LogP) is 12.2. The minimum atomic E-state index is 0.491. The summed E-state index contributed by atoms with van der Waals surface area (Å²) in [4.78, 5) is 2.72. The minimum Gasteiger partial charge on any atom is -0.314 e.